The molecule has 1 N–H and O–H groups in total. The van der Waals surface area contributed by atoms with Crippen molar-refractivity contribution in [1.29, 1.82) is 0 Å². The largest absolute Gasteiger partial charge is 0.463 e. The molecule has 1 aliphatic heterocycles. The standard InChI is InChI=1S/C22H26N2O10S/c1-4-16-10-24(22(28)23-20(16)27)21-19(32-14(3)26)18(17(33-21)11-31-13(2)25)34-35(29,30)12-15-8-6-5-7-9-15/h5-10,17-19,21H,4,11-12H2,1-3H3,(H,23,27,28)/t17-,18+,19-,21-/m1/s1. The first-order valence-electron chi connectivity index (χ1n) is 10.8. The van der Waals surface area contributed by atoms with Crippen molar-refractivity contribution in [2.75, 3.05) is 6.61 Å². The molecule has 35 heavy (non-hydrogen) atoms. The van der Waals surface area contributed by atoms with Crippen LogP contribution in [0.2, 0.25) is 0 Å². The van der Waals surface area contributed by atoms with Gasteiger partial charge in [0.05, 0.1) is 0 Å². The highest BCUT2D eigenvalue weighted by Gasteiger charge is 2.51. The maximum atomic E-state index is 12.9. The van der Waals surface area contributed by atoms with E-state index in [9.17, 15) is 27.6 Å². The third kappa shape index (κ3) is 6.65. The van der Waals surface area contributed by atoms with Gasteiger partial charge in [0, 0.05) is 25.6 Å². The van der Waals surface area contributed by atoms with Gasteiger partial charge in [0.2, 0.25) is 0 Å². The lowest BCUT2D eigenvalue weighted by Crippen LogP contribution is -2.43. The van der Waals surface area contributed by atoms with Crippen LogP contribution in [0.3, 0.4) is 0 Å². The van der Waals surface area contributed by atoms with Gasteiger partial charge in [-0.1, -0.05) is 37.3 Å². The van der Waals surface area contributed by atoms with Crippen molar-refractivity contribution in [3.8, 4) is 0 Å². The number of benzene rings is 1. The van der Waals surface area contributed by atoms with E-state index in [0.29, 0.717) is 5.56 Å². The Bertz CT molecular complexity index is 1290. The summed E-state index contributed by atoms with van der Waals surface area (Å²) < 4.78 is 48.4. The van der Waals surface area contributed by atoms with E-state index in [1.165, 1.54) is 6.20 Å². The molecule has 1 aromatic heterocycles. The van der Waals surface area contributed by atoms with E-state index in [0.717, 1.165) is 18.4 Å². The van der Waals surface area contributed by atoms with Gasteiger partial charge in [-0.15, -0.1) is 0 Å². The SMILES string of the molecule is CCc1cn([C@@H]2O[C@H](COC(C)=O)[C@H](OS(=O)(=O)Cc3ccccc3)[C@H]2OC(C)=O)c(=O)[nH]c1=O. The van der Waals surface area contributed by atoms with Crippen LogP contribution in [0.15, 0.2) is 46.1 Å². The molecular formula is C22H26N2O10S. The van der Waals surface area contributed by atoms with Crippen molar-refractivity contribution in [2.45, 2.75) is 57.5 Å². The Morgan fingerprint density at radius 2 is 1.77 bits per heavy atom. The Labute approximate surface area is 200 Å². The molecule has 12 nitrogen and oxygen atoms in total. The van der Waals surface area contributed by atoms with Crippen molar-refractivity contribution in [3.63, 3.8) is 0 Å². The minimum absolute atomic E-state index is 0.243. The average molecular weight is 511 g/mol. The summed E-state index contributed by atoms with van der Waals surface area (Å²) in [5, 5.41) is 0. The second-order valence-electron chi connectivity index (χ2n) is 7.86. The molecule has 2 aromatic rings. The van der Waals surface area contributed by atoms with Gasteiger partial charge in [0.15, 0.2) is 12.3 Å². The molecule has 190 valence electrons. The summed E-state index contributed by atoms with van der Waals surface area (Å²) in [7, 11) is -4.25. The predicted molar refractivity (Wildman–Crippen MR) is 121 cm³/mol. The second-order valence-corrected chi connectivity index (χ2v) is 9.46. The zero-order chi connectivity index (χ0) is 25.8. The normalized spacial score (nSPS) is 22.0. The fourth-order valence-electron chi connectivity index (χ4n) is 3.65. The molecule has 1 aromatic carbocycles. The molecule has 0 saturated carbocycles. The number of rotatable bonds is 9. The fraction of sp³-hybridized carbons (Fsp3) is 0.455. The average Bonchev–Trinajstić information content (AvgIpc) is 3.08. The predicted octanol–water partition coefficient (Wildman–Crippen LogP) is 0.406. The minimum atomic E-state index is -4.25. The van der Waals surface area contributed by atoms with Crippen LogP contribution in [0.5, 0.6) is 0 Å². The van der Waals surface area contributed by atoms with E-state index in [1.54, 1.807) is 37.3 Å². The number of aromatic amines is 1. The molecule has 0 spiro atoms. The van der Waals surface area contributed by atoms with E-state index in [-0.39, 0.29) is 12.0 Å². The number of carbonyl (C=O) groups excluding carboxylic acids is 2. The molecule has 0 amide bonds. The molecule has 0 aliphatic carbocycles. The van der Waals surface area contributed by atoms with Crippen molar-refractivity contribution < 1.29 is 36.4 Å². The molecule has 1 saturated heterocycles. The van der Waals surface area contributed by atoms with Gasteiger partial charge in [-0.3, -0.25) is 28.1 Å². The highest BCUT2D eigenvalue weighted by Crippen LogP contribution is 2.35. The Kier molecular flexibility index (Phi) is 8.25. The molecule has 4 atom stereocenters. The molecule has 0 radical (unpaired) electrons. The molecule has 13 heteroatoms. The summed E-state index contributed by atoms with van der Waals surface area (Å²) in [5.41, 5.74) is -0.765. The van der Waals surface area contributed by atoms with Crippen LogP contribution in [0.1, 0.15) is 38.1 Å². The topological polar surface area (TPSA) is 160 Å². The Hall–Kier alpha value is -3.29. The highest BCUT2D eigenvalue weighted by atomic mass is 32.2. The molecule has 2 heterocycles. The smallest absolute Gasteiger partial charge is 0.330 e. The van der Waals surface area contributed by atoms with Gasteiger partial charge < -0.3 is 14.2 Å². The lowest BCUT2D eigenvalue weighted by atomic mass is 10.1. The van der Waals surface area contributed by atoms with Crippen LogP contribution < -0.4 is 11.2 Å². The number of carbonyl (C=O) groups is 2. The van der Waals surface area contributed by atoms with Crippen molar-refractivity contribution in [1.82, 2.24) is 9.55 Å². The molecule has 1 fully saturated rings. The second kappa shape index (κ2) is 11.0. The maximum absolute atomic E-state index is 12.9. The Morgan fingerprint density at radius 3 is 2.37 bits per heavy atom. The molecular weight excluding hydrogens is 484 g/mol. The number of aryl methyl sites for hydroxylation is 1. The lowest BCUT2D eigenvalue weighted by Gasteiger charge is -2.24. The first-order chi connectivity index (χ1) is 16.5. The lowest BCUT2D eigenvalue weighted by molar-refractivity contribution is -0.155. The van der Waals surface area contributed by atoms with Crippen LogP contribution in [-0.4, -0.2) is 54.8 Å². The number of esters is 2. The van der Waals surface area contributed by atoms with Gasteiger partial charge in [-0.05, 0) is 12.0 Å². The van der Waals surface area contributed by atoms with E-state index < -0.39 is 70.2 Å². The van der Waals surface area contributed by atoms with Gasteiger partial charge in [-0.2, -0.15) is 8.42 Å². The van der Waals surface area contributed by atoms with Crippen LogP contribution in [0.25, 0.3) is 0 Å². The molecule has 1 aliphatic rings. The van der Waals surface area contributed by atoms with Gasteiger partial charge in [-0.25, -0.2) is 4.79 Å². The van der Waals surface area contributed by atoms with Gasteiger partial charge in [0.1, 0.15) is 24.6 Å². The van der Waals surface area contributed by atoms with E-state index in [1.807, 2.05) is 0 Å². The van der Waals surface area contributed by atoms with Crippen molar-refractivity contribution >= 4 is 22.1 Å². The van der Waals surface area contributed by atoms with Crippen LogP contribution in [0, 0.1) is 0 Å². The molecule has 0 unspecified atom stereocenters. The quantitative estimate of drug-likeness (QED) is 0.369. The first kappa shape index (κ1) is 26.3. The molecule has 0 bridgehead atoms. The summed E-state index contributed by atoms with van der Waals surface area (Å²) in [6, 6.07) is 8.25. The van der Waals surface area contributed by atoms with E-state index in [2.05, 4.69) is 4.98 Å². The third-order valence-corrected chi connectivity index (χ3v) is 6.38. The first-order valence-corrected chi connectivity index (χ1v) is 12.3. The zero-order valence-corrected chi connectivity index (χ0v) is 20.1. The van der Waals surface area contributed by atoms with Gasteiger partial charge >= 0.3 is 17.6 Å². The number of hydrogen-bond donors (Lipinski definition) is 1. The summed E-state index contributed by atoms with van der Waals surface area (Å²) in [4.78, 5) is 50.0. The number of nitrogens with one attached hydrogen (secondary N) is 1. The summed E-state index contributed by atoms with van der Waals surface area (Å²) in [6.45, 7) is 3.51. The van der Waals surface area contributed by atoms with Crippen LogP contribution in [-0.2, 0) is 50.3 Å². The number of nitrogens with zero attached hydrogens (tertiary/aromatic N) is 1. The zero-order valence-electron chi connectivity index (χ0n) is 19.3. The Balaban J connectivity index is 2.02. The number of hydrogen-bond acceptors (Lipinski definition) is 10. The summed E-state index contributed by atoms with van der Waals surface area (Å²) in [6.07, 6.45) is -3.95. The Morgan fingerprint density at radius 1 is 1.09 bits per heavy atom. The van der Waals surface area contributed by atoms with Crippen LogP contribution in [0.4, 0.5) is 0 Å². The van der Waals surface area contributed by atoms with Gasteiger partial charge in [0.25, 0.3) is 15.7 Å². The molecule has 3 rings (SSSR count). The number of H-pyrrole nitrogens is 1. The monoisotopic (exact) mass is 510 g/mol. The van der Waals surface area contributed by atoms with Crippen LogP contribution >= 0.6 is 0 Å². The highest BCUT2D eigenvalue weighted by molar-refractivity contribution is 7.85. The number of ether oxygens (including phenoxy) is 3. The summed E-state index contributed by atoms with van der Waals surface area (Å²) >= 11 is 0. The van der Waals surface area contributed by atoms with Crippen molar-refractivity contribution in [2.24, 2.45) is 0 Å². The van der Waals surface area contributed by atoms with Crippen molar-refractivity contribution in [3.05, 3.63) is 68.5 Å². The van der Waals surface area contributed by atoms with E-state index >= 15 is 0 Å². The number of aromatic nitrogens is 2. The maximum Gasteiger partial charge on any atom is 0.330 e. The fourth-order valence-corrected chi connectivity index (χ4v) is 4.89. The minimum Gasteiger partial charge on any atom is -0.463 e. The third-order valence-electron chi connectivity index (χ3n) is 5.18. The summed E-state index contributed by atoms with van der Waals surface area (Å²) in [5.74, 6) is -1.94. The van der Waals surface area contributed by atoms with E-state index in [4.69, 9.17) is 18.4 Å².